The summed E-state index contributed by atoms with van der Waals surface area (Å²) in [6.45, 7) is 1.97. The Hall–Kier alpha value is -3.25. The molecule has 2 amide bonds. The number of anilines is 3. The van der Waals surface area contributed by atoms with E-state index in [1.54, 1.807) is 42.5 Å². The highest BCUT2D eigenvalue weighted by molar-refractivity contribution is 6.31. The van der Waals surface area contributed by atoms with Crippen molar-refractivity contribution in [2.75, 3.05) is 22.5 Å². The molecule has 3 N–H and O–H groups in total. The lowest BCUT2D eigenvalue weighted by Gasteiger charge is -2.11. The van der Waals surface area contributed by atoms with E-state index in [1.807, 2.05) is 19.1 Å². The minimum Gasteiger partial charge on any atom is -0.459 e. The number of amides is 2. The van der Waals surface area contributed by atoms with Crippen LogP contribution in [0.2, 0.25) is 5.02 Å². The Balaban J connectivity index is 1.58. The molecule has 0 bridgehead atoms. The summed E-state index contributed by atoms with van der Waals surface area (Å²) in [5, 5.41) is 9.20. The molecule has 7 heteroatoms. The zero-order valence-corrected chi connectivity index (χ0v) is 15.3. The second-order valence-electron chi connectivity index (χ2n) is 5.83. The van der Waals surface area contributed by atoms with Crippen molar-refractivity contribution in [3.05, 3.63) is 77.2 Å². The lowest BCUT2D eigenvalue weighted by Crippen LogP contribution is -2.22. The van der Waals surface area contributed by atoms with Gasteiger partial charge in [0.15, 0.2) is 5.76 Å². The summed E-state index contributed by atoms with van der Waals surface area (Å²) in [7, 11) is 0. The van der Waals surface area contributed by atoms with Crippen LogP contribution in [0.4, 0.5) is 17.1 Å². The molecule has 0 radical (unpaired) electrons. The van der Waals surface area contributed by atoms with Crippen molar-refractivity contribution in [1.82, 2.24) is 0 Å². The van der Waals surface area contributed by atoms with Crippen LogP contribution in [0.25, 0.3) is 0 Å². The van der Waals surface area contributed by atoms with E-state index < -0.39 is 0 Å². The Morgan fingerprint density at radius 2 is 1.74 bits per heavy atom. The van der Waals surface area contributed by atoms with Gasteiger partial charge in [0.25, 0.3) is 5.91 Å². The molecule has 6 nitrogen and oxygen atoms in total. The molecule has 0 saturated carbocycles. The average Bonchev–Trinajstić information content (AvgIpc) is 3.18. The maximum absolute atomic E-state index is 12.2. The highest BCUT2D eigenvalue weighted by Gasteiger charge is 2.10. The molecule has 1 aromatic heterocycles. The maximum atomic E-state index is 12.2. The Bertz CT molecular complexity index is 955. The monoisotopic (exact) mass is 383 g/mol. The van der Waals surface area contributed by atoms with Crippen LogP contribution in [0.1, 0.15) is 16.1 Å². The quantitative estimate of drug-likeness (QED) is 0.583. The molecule has 0 atom stereocenters. The summed E-state index contributed by atoms with van der Waals surface area (Å²) < 4.78 is 5.05. The van der Waals surface area contributed by atoms with Gasteiger partial charge in [-0.2, -0.15) is 0 Å². The summed E-state index contributed by atoms with van der Waals surface area (Å²) in [5.74, 6) is -0.365. The zero-order valence-electron chi connectivity index (χ0n) is 14.6. The Labute approximate surface area is 161 Å². The summed E-state index contributed by atoms with van der Waals surface area (Å²) in [6, 6.07) is 15.6. The van der Waals surface area contributed by atoms with Crippen LogP contribution in [0.5, 0.6) is 0 Å². The van der Waals surface area contributed by atoms with Crippen LogP contribution in [0, 0.1) is 6.92 Å². The Morgan fingerprint density at radius 3 is 2.48 bits per heavy atom. The SMILES string of the molecule is Cc1c(Cl)cccc1NCC(=O)Nc1cccc(NC(=O)c2ccco2)c1. The zero-order chi connectivity index (χ0) is 19.2. The number of rotatable bonds is 6. The molecule has 3 rings (SSSR count). The van der Waals surface area contributed by atoms with Crippen molar-refractivity contribution in [1.29, 1.82) is 0 Å². The molecule has 1 heterocycles. The van der Waals surface area contributed by atoms with E-state index in [1.165, 1.54) is 6.26 Å². The second kappa shape index (κ2) is 8.42. The van der Waals surface area contributed by atoms with Crippen molar-refractivity contribution in [3.8, 4) is 0 Å². The minimum atomic E-state index is -0.360. The number of benzene rings is 2. The highest BCUT2D eigenvalue weighted by atomic mass is 35.5. The number of nitrogens with one attached hydrogen (secondary N) is 3. The maximum Gasteiger partial charge on any atom is 0.291 e. The number of hydrogen-bond acceptors (Lipinski definition) is 4. The predicted octanol–water partition coefficient (Wildman–Crippen LogP) is 4.54. The van der Waals surface area contributed by atoms with E-state index in [9.17, 15) is 9.59 Å². The number of furan rings is 1. The molecule has 0 spiro atoms. The molecule has 0 aliphatic heterocycles. The van der Waals surface area contributed by atoms with Crippen LogP contribution in [-0.4, -0.2) is 18.4 Å². The van der Waals surface area contributed by atoms with E-state index in [0.717, 1.165) is 11.3 Å². The van der Waals surface area contributed by atoms with E-state index in [4.69, 9.17) is 16.0 Å². The van der Waals surface area contributed by atoms with Gasteiger partial charge in [0.2, 0.25) is 5.91 Å². The van der Waals surface area contributed by atoms with E-state index in [2.05, 4.69) is 16.0 Å². The van der Waals surface area contributed by atoms with Gasteiger partial charge < -0.3 is 20.4 Å². The van der Waals surface area contributed by atoms with E-state index in [0.29, 0.717) is 16.4 Å². The lowest BCUT2D eigenvalue weighted by atomic mass is 10.2. The average molecular weight is 384 g/mol. The standard InChI is InChI=1S/C20H18ClN3O3/c1-13-16(21)7-3-8-17(13)22-12-19(25)23-14-5-2-6-15(11-14)24-20(26)18-9-4-10-27-18/h2-11,22H,12H2,1H3,(H,23,25)(H,24,26). The first-order valence-electron chi connectivity index (χ1n) is 8.26. The fourth-order valence-corrected chi connectivity index (χ4v) is 2.63. The van der Waals surface area contributed by atoms with Crippen molar-refractivity contribution < 1.29 is 14.0 Å². The first kappa shape index (κ1) is 18.5. The molecule has 0 saturated heterocycles. The van der Waals surface area contributed by atoms with Gasteiger partial charge in [0.05, 0.1) is 12.8 Å². The van der Waals surface area contributed by atoms with Crippen LogP contribution in [0.3, 0.4) is 0 Å². The molecule has 2 aromatic carbocycles. The fraction of sp³-hybridized carbons (Fsp3) is 0.100. The molecule has 3 aromatic rings. The van der Waals surface area contributed by atoms with Gasteiger partial charge in [-0.3, -0.25) is 9.59 Å². The van der Waals surface area contributed by atoms with Gasteiger partial charge in [0.1, 0.15) is 0 Å². The van der Waals surface area contributed by atoms with Crippen LogP contribution >= 0.6 is 11.6 Å². The number of carbonyl (C=O) groups is 2. The molecule has 138 valence electrons. The topological polar surface area (TPSA) is 83.4 Å². The third-order valence-electron chi connectivity index (χ3n) is 3.86. The fourth-order valence-electron chi connectivity index (χ4n) is 2.45. The normalized spacial score (nSPS) is 10.3. The lowest BCUT2D eigenvalue weighted by molar-refractivity contribution is -0.114. The van der Waals surface area contributed by atoms with E-state index >= 15 is 0 Å². The molecule has 27 heavy (non-hydrogen) atoms. The largest absolute Gasteiger partial charge is 0.459 e. The Kier molecular flexibility index (Phi) is 5.78. The van der Waals surface area contributed by atoms with Crippen molar-refractivity contribution in [3.63, 3.8) is 0 Å². The van der Waals surface area contributed by atoms with E-state index in [-0.39, 0.29) is 24.1 Å². The van der Waals surface area contributed by atoms with Crippen LogP contribution in [-0.2, 0) is 4.79 Å². The third-order valence-corrected chi connectivity index (χ3v) is 4.27. The van der Waals surface area contributed by atoms with Crippen molar-refractivity contribution >= 4 is 40.5 Å². The van der Waals surface area contributed by atoms with Crippen LogP contribution < -0.4 is 16.0 Å². The predicted molar refractivity (Wildman–Crippen MR) is 106 cm³/mol. The molecule has 0 unspecified atom stereocenters. The molecular formula is C20H18ClN3O3. The molecule has 0 aliphatic carbocycles. The first-order valence-corrected chi connectivity index (χ1v) is 8.64. The van der Waals surface area contributed by atoms with Gasteiger partial charge in [-0.25, -0.2) is 0 Å². The summed E-state index contributed by atoms with van der Waals surface area (Å²) in [6.07, 6.45) is 1.43. The number of hydrogen-bond donors (Lipinski definition) is 3. The molecule has 0 aliphatic rings. The van der Waals surface area contributed by atoms with Gasteiger partial charge in [-0.05, 0) is 55.0 Å². The number of carbonyl (C=O) groups excluding carboxylic acids is 2. The van der Waals surface area contributed by atoms with Crippen molar-refractivity contribution in [2.45, 2.75) is 6.92 Å². The van der Waals surface area contributed by atoms with Gasteiger partial charge in [0, 0.05) is 22.1 Å². The summed E-state index contributed by atoms with van der Waals surface area (Å²) in [4.78, 5) is 24.2. The smallest absolute Gasteiger partial charge is 0.291 e. The first-order chi connectivity index (χ1) is 13.0. The summed E-state index contributed by atoms with van der Waals surface area (Å²) >= 11 is 6.07. The second-order valence-corrected chi connectivity index (χ2v) is 6.23. The van der Waals surface area contributed by atoms with Gasteiger partial charge >= 0.3 is 0 Å². The third kappa shape index (κ3) is 4.89. The van der Waals surface area contributed by atoms with Crippen molar-refractivity contribution in [2.24, 2.45) is 0 Å². The Morgan fingerprint density at radius 1 is 1.00 bits per heavy atom. The number of halogens is 1. The molecular weight excluding hydrogens is 366 g/mol. The van der Waals surface area contributed by atoms with Crippen LogP contribution in [0.15, 0.2) is 65.3 Å². The van der Waals surface area contributed by atoms with Gasteiger partial charge in [-0.1, -0.05) is 23.7 Å². The highest BCUT2D eigenvalue weighted by Crippen LogP contribution is 2.22. The molecule has 0 fully saturated rings. The summed E-state index contributed by atoms with van der Waals surface area (Å²) in [5.41, 5.74) is 2.81. The van der Waals surface area contributed by atoms with Gasteiger partial charge in [-0.15, -0.1) is 0 Å². The minimum absolute atomic E-state index is 0.0875.